The smallest absolute Gasteiger partial charge is 0.0795 e. The lowest BCUT2D eigenvalue weighted by Crippen LogP contribution is -2.45. The minimum absolute atomic E-state index is 0.432. The Kier molecular flexibility index (Phi) is 4.90. The second kappa shape index (κ2) is 7.06. The third-order valence-electron chi connectivity index (χ3n) is 3.90. The van der Waals surface area contributed by atoms with Crippen LogP contribution in [0.5, 0.6) is 0 Å². The highest BCUT2D eigenvalue weighted by Gasteiger charge is 2.23. The van der Waals surface area contributed by atoms with Gasteiger partial charge in [-0.1, -0.05) is 0 Å². The summed E-state index contributed by atoms with van der Waals surface area (Å²) in [5.74, 6) is 0. The Morgan fingerprint density at radius 3 is 3.05 bits per heavy atom. The number of morpholine rings is 1. The zero-order valence-corrected chi connectivity index (χ0v) is 13.1. The quantitative estimate of drug-likeness (QED) is 0.846. The number of hydrogen-bond acceptors (Lipinski definition) is 6. The third-order valence-corrected chi connectivity index (χ3v) is 4.53. The second-order valence-corrected chi connectivity index (χ2v) is 6.02. The molecule has 0 radical (unpaired) electrons. The van der Waals surface area contributed by atoms with Crippen LogP contribution in [0.3, 0.4) is 0 Å². The summed E-state index contributed by atoms with van der Waals surface area (Å²) in [7, 11) is 0. The minimum Gasteiger partial charge on any atom is -0.378 e. The molecule has 1 aliphatic heterocycles. The topological polar surface area (TPSA) is 51.1 Å². The van der Waals surface area contributed by atoms with E-state index in [1.165, 1.54) is 0 Å². The molecule has 0 aromatic carbocycles. The number of thiazole rings is 1. The molecule has 5 nitrogen and oxygen atoms in total. The fourth-order valence-corrected chi connectivity index (χ4v) is 3.22. The van der Waals surface area contributed by atoms with E-state index in [-0.39, 0.29) is 0 Å². The van der Waals surface area contributed by atoms with Crippen molar-refractivity contribution in [3.8, 4) is 0 Å². The summed E-state index contributed by atoms with van der Waals surface area (Å²) in [6.45, 7) is 5.51. The van der Waals surface area contributed by atoms with Crippen molar-refractivity contribution in [3.63, 3.8) is 0 Å². The van der Waals surface area contributed by atoms with Crippen LogP contribution in [-0.4, -0.2) is 45.7 Å². The first-order valence-corrected chi connectivity index (χ1v) is 8.22. The van der Waals surface area contributed by atoms with Crippen molar-refractivity contribution in [1.29, 1.82) is 0 Å². The first kappa shape index (κ1) is 14.6. The molecule has 6 heteroatoms. The van der Waals surface area contributed by atoms with E-state index in [1.54, 1.807) is 23.7 Å². The molecule has 0 aliphatic carbocycles. The van der Waals surface area contributed by atoms with Crippen LogP contribution in [0.1, 0.15) is 23.5 Å². The fourth-order valence-electron chi connectivity index (χ4n) is 2.67. The maximum atomic E-state index is 5.65. The largest absolute Gasteiger partial charge is 0.378 e. The van der Waals surface area contributed by atoms with E-state index in [4.69, 9.17) is 4.74 Å². The molecule has 21 heavy (non-hydrogen) atoms. The summed E-state index contributed by atoms with van der Waals surface area (Å²) in [5, 5.41) is 2.12. The van der Waals surface area contributed by atoms with Crippen molar-refractivity contribution in [2.45, 2.75) is 32.4 Å². The zero-order chi connectivity index (χ0) is 14.5. The van der Waals surface area contributed by atoms with Crippen LogP contribution in [0.4, 0.5) is 0 Å². The highest BCUT2D eigenvalue weighted by atomic mass is 32.1. The number of ether oxygens (including phenoxy) is 1. The van der Waals surface area contributed by atoms with E-state index in [1.807, 2.05) is 12.4 Å². The SMILES string of the molecule is Cc1nccnc1CC[C@H]1COCCN1Cc1cscn1. The molecule has 2 aromatic rings. The Bertz CT molecular complexity index is 561. The predicted molar refractivity (Wildman–Crippen MR) is 82.2 cm³/mol. The first-order chi connectivity index (χ1) is 10.3. The summed E-state index contributed by atoms with van der Waals surface area (Å²) in [4.78, 5) is 15.6. The first-order valence-electron chi connectivity index (χ1n) is 7.28. The lowest BCUT2D eigenvalue weighted by atomic mass is 10.1. The zero-order valence-electron chi connectivity index (χ0n) is 12.2. The normalized spacial score (nSPS) is 19.8. The van der Waals surface area contributed by atoms with Gasteiger partial charge in [0.1, 0.15) is 0 Å². The molecule has 1 atom stereocenters. The van der Waals surface area contributed by atoms with Gasteiger partial charge in [0.05, 0.1) is 35.8 Å². The summed E-state index contributed by atoms with van der Waals surface area (Å²) in [5.41, 5.74) is 5.17. The maximum Gasteiger partial charge on any atom is 0.0795 e. The van der Waals surface area contributed by atoms with E-state index in [0.29, 0.717) is 6.04 Å². The lowest BCUT2D eigenvalue weighted by molar-refractivity contribution is -0.0149. The molecule has 1 fully saturated rings. The standard InChI is InChI=1S/C15H20N4OS/c1-12-15(17-5-4-16-12)3-2-14-9-20-7-6-19(14)8-13-10-21-11-18-13/h4-5,10-11,14H,2-3,6-9H2,1H3/t14-/m0/s1. The Hall–Kier alpha value is -1.37. The molecule has 1 saturated heterocycles. The van der Waals surface area contributed by atoms with Gasteiger partial charge in [-0.3, -0.25) is 14.9 Å². The molecule has 112 valence electrons. The Labute approximate surface area is 129 Å². The third kappa shape index (κ3) is 3.84. The van der Waals surface area contributed by atoms with Crippen LogP contribution in [0.25, 0.3) is 0 Å². The molecule has 0 spiro atoms. The van der Waals surface area contributed by atoms with Gasteiger partial charge in [0.25, 0.3) is 0 Å². The second-order valence-electron chi connectivity index (χ2n) is 5.31. The van der Waals surface area contributed by atoms with Gasteiger partial charge in [-0.2, -0.15) is 0 Å². The van der Waals surface area contributed by atoms with Crippen LogP contribution in [0.2, 0.25) is 0 Å². The van der Waals surface area contributed by atoms with Crippen molar-refractivity contribution < 1.29 is 4.74 Å². The van der Waals surface area contributed by atoms with Crippen LogP contribution in [0.15, 0.2) is 23.3 Å². The predicted octanol–water partition coefficient (Wildman–Crippen LogP) is 2.08. The highest BCUT2D eigenvalue weighted by molar-refractivity contribution is 7.07. The van der Waals surface area contributed by atoms with Gasteiger partial charge in [0, 0.05) is 36.9 Å². The van der Waals surface area contributed by atoms with Crippen molar-refractivity contribution >= 4 is 11.3 Å². The molecule has 3 heterocycles. The molecule has 0 bridgehead atoms. The molecule has 0 N–H and O–H groups in total. The van der Waals surface area contributed by atoms with Gasteiger partial charge < -0.3 is 4.74 Å². The number of aryl methyl sites for hydroxylation is 2. The number of aromatic nitrogens is 3. The molecule has 1 aliphatic rings. The van der Waals surface area contributed by atoms with E-state index in [9.17, 15) is 0 Å². The Morgan fingerprint density at radius 1 is 1.33 bits per heavy atom. The Morgan fingerprint density at radius 2 is 2.24 bits per heavy atom. The summed E-state index contributed by atoms with van der Waals surface area (Å²) < 4.78 is 5.65. The Balaban J connectivity index is 1.60. The molecule has 0 saturated carbocycles. The summed E-state index contributed by atoms with van der Waals surface area (Å²) in [6, 6.07) is 0.432. The van der Waals surface area contributed by atoms with Gasteiger partial charge in [-0.15, -0.1) is 11.3 Å². The average molecular weight is 304 g/mol. The molecular weight excluding hydrogens is 284 g/mol. The highest BCUT2D eigenvalue weighted by Crippen LogP contribution is 2.17. The van der Waals surface area contributed by atoms with Gasteiger partial charge in [-0.25, -0.2) is 4.98 Å². The van der Waals surface area contributed by atoms with Crippen molar-refractivity contribution in [3.05, 3.63) is 40.4 Å². The van der Waals surface area contributed by atoms with Crippen LogP contribution in [0, 0.1) is 6.92 Å². The van der Waals surface area contributed by atoms with Gasteiger partial charge in [-0.05, 0) is 19.8 Å². The number of nitrogens with zero attached hydrogens (tertiary/aromatic N) is 4. The lowest BCUT2D eigenvalue weighted by Gasteiger charge is -2.35. The summed E-state index contributed by atoms with van der Waals surface area (Å²) >= 11 is 1.65. The van der Waals surface area contributed by atoms with Crippen LogP contribution < -0.4 is 0 Å². The summed E-state index contributed by atoms with van der Waals surface area (Å²) in [6.07, 6.45) is 5.51. The van der Waals surface area contributed by atoms with Crippen molar-refractivity contribution in [2.75, 3.05) is 19.8 Å². The molecule has 0 unspecified atom stereocenters. The number of rotatable bonds is 5. The maximum absolute atomic E-state index is 5.65. The van der Waals surface area contributed by atoms with Gasteiger partial charge in [0.15, 0.2) is 0 Å². The van der Waals surface area contributed by atoms with Gasteiger partial charge >= 0.3 is 0 Å². The molecular formula is C15H20N4OS. The van der Waals surface area contributed by atoms with E-state index < -0.39 is 0 Å². The molecule has 0 amide bonds. The van der Waals surface area contributed by atoms with Gasteiger partial charge in [0.2, 0.25) is 0 Å². The van der Waals surface area contributed by atoms with E-state index >= 15 is 0 Å². The van der Waals surface area contributed by atoms with Crippen LogP contribution >= 0.6 is 11.3 Å². The fraction of sp³-hybridized carbons (Fsp3) is 0.533. The minimum atomic E-state index is 0.432. The number of hydrogen-bond donors (Lipinski definition) is 0. The average Bonchev–Trinajstić information content (AvgIpc) is 3.01. The van der Waals surface area contributed by atoms with E-state index in [0.717, 1.165) is 56.2 Å². The molecule has 3 rings (SSSR count). The monoisotopic (exact) mass is 304 g/mol. The van der Waals surface area contributed by atoms with Crippen LogP contribution in [-0.2, 0) is 17.7 Å². The van der Waals surface area contributed by atoms with Crippen molar-refractivity contribution in [1.82, 2.24) is 19.9 Å². The van der Waals surface area contributed by atoms with Crippen molar-refractivity contribution in [2.24, 2.45) is 0 Å². The molecule has 2 aromatic heterocycles. The van der Waals surface area contributed by atoms with E-state index in [2.05, 4.69) is 25.2 Å².